The zero-order valence-corrected chi connectivity index (χ0v) is 6.30. The van der Waals surface area contributed by atoms with Crippen LogP contribution in [-0.2, 0) is 10.2 Å². The van der Waals surface area contributed by atoms with E-state index in [0.717, 1.165) is 6.20 Å². The normalized spacial score (nSPS) is 11.4. The minimum Gasteiger partial charge on any atom is -0.477 e. The highest BCUT2D eigenvalue weighted by Gasteiger charge is 2.18. The molecule has 0 radical (unpaired) electrons. The van der Waals surface area contributed by atoms with E-state index in [2.05, 4.69) is 4.98 Å². The summed E-state index contributed by atoms with van der Waals surface area (Å²) in [4.78, 5) is 14.9. The number of aromatic carboxylic acids is 1. The van der Waals surface area contributed by atoms with Gasteiger partial charge in [-0.1, -0.05) is 3.89 Å². The maximum Gasteiger partial charge on any atom is 0.366 e. The number of nitrogens with one attached hydrogen (secondary N) is 1. The van der Waals surface area contributed by atoms with Crippen molar-refractivity contribution in [2.45, 2.75) is 5.16 Å². The van der Waals surface area contributed by atoms with Crippen LogP contribution in [0.3, 0.4) is 0 Å². The fraction of sp³-hybridized carbons (Fsp3) is 0. The van der Waals surface area contributed by atoms with Gasteiger partial charge in [-0.05, 0) is 0 Å². The number of imidazole rings is 1. The molecule has 0 aromatic carbocycles. The highest BCUT2D eigenvalue weighted by molar-refractivity contribution is 7.86. The number of aromatic amines is 1. The van der Waals surface area contributed by atoms with Crippen LogP contribution in [0.5, 0.6) is 0 Å². The number of nitrogens with zero attached hydrogens (tertiary/aromatic N) is 1. The third kappa shape index (κ3) is 1.59. The molecular formula is C4H3FN2O4S. The highest BCUT2D eigenvalue weighted by Crippen LogP contribution is 2.06. The van der Waals surface area contributed by atoms with E-state index in [1.165, 1.54) is 0 Å². The third-order valence-electron chi connectivity index (χ3n) is 1.01. The average Bonchev–Trinajstić information content (AvgIpc) is 2.30. The summed E-state index contributed by atoms with van der Waals surface area (Å²) in [5.41, 5.74) is -0.480. The van der Waals surface area contributed by atoms with Crippen molar-refractivity contribution in [1.82, 2.24) is 9.97 Å². The van der Waals surface area contributed by atoms with Gasteiger partial charge in [-0.3, -0.25) is 0 Å². The average molecular weight is 194 g/mol. The molecule has 0 bridgehead atoms. The number of H-pyrrole nitrogens is 1. The topological polar surface area (TPSA) is 100 Å². The second kappa shape index (κ2) is 2.55. The Morgan fingerprint density at radius 2 is 2.25 bits per heavy atom. The predicted octanol–water partition coefficient (Wildman–Crippen LogP) is -0.234. The molecule has 0 aliphatic rings. The zero-order chi connectivity index (χ0) is 9.35. The predicted molar refractivity (Wildman–Crippen MR) is 33.8 cm³/mol. The largest absolute Gasteiger partial charge is 0.477 e. The van der Waals surface area contributed by atoms with E-state index in [4.69, 9.17) is 5.11 Å². The summed E-state index contributed by atoms with van der Waals surface area (Å²) in [6.07, 6.45) is 0.717. The molecule has 0 saturated carbocycles. The van der Waals surface area contributed by atoms with Crippen LogP contribution in [0.25, 0.3) is 0 Å². The molecule has 0 aliphatic carbocycles. The Labute approximate surface area is 66.3 Å². The third-order valence-corrected chi connectivity index (χ3v) is 1.68. The molecule has 2 N–H and O–H groups in total. The first-order chi connectivity index (χ1) is 5.41. The van der Waals surface area contributed by atoms with Crippen LogP contribution in [0.15, 0.2) is 11.4 Å². The number of carboxylic acids is 1. The van der Waals surface area contributed by atoms with Gasteiger partial charge in [0, 0.05) is 0 Å². The Morgan fingerprint density at radius 3 is 2.50 bits per heavy atom. The number of hydrogen-bond acceptors (Lipinski definition) is 4. The van der Waals surface area contributed by atoms with E-state index in [-0.39, 0.29) is 0 Å². The van der Waals surface area contributed by atoms with Crippen LogP contribution >= 0.6 is 0 Å². The summed E-state index contributed by atoms with van der Waals surface area (Å²) < 4.78 is 32.3. The van der Waals surface area contributed by atoms with Crippen LogP contribution in [0, 0.1) is 0 Å². The second-order valence-corrected chi connectivity index (χ2v) is 3.11. The number of halogens is 1. The molecule has 0 fully saturated rings. The lowest BCUT2D eigenvalue weighted by Crippen LogP contribution is -1.98. The van der Waals surface area contributed by atoms with E-state index in [0.29, 0.717) is 0 Å². The molecule has 12 heavy (non-hydrogen) atoms. The summed E-state index contributed by atoms with van der Waals surface area (Å²) in [6, 6.07) is 0. The van der Waals surface area contributed by atoms with Gasteiger partial charge in [-0.25, -0.2) is 9.78 Å². The van der Waals surface area contributed by atoms with Crippen LogP contribution in [0.1, 0.15) is 10.5 Å². The number of carbonyl (C=O) groups is 1. The molecule has 0 amide bonds. The number of rotatable bonds is 2. The maximum absolute atomic E-state index is 12.1. The lowest BCUT2D eigenvalue weighted by atomic mass is 10.5. The second-order valence-electron chi connectivity index (χ2n) is 1.85. The van der Waals surface area contributed by atoms with Crippen LogP contribution in [-0.4, -0.2) is 29.5 Å². The first-order valence-electron chi connectivity index (χ1n) is 2.64. The zero-order valence-electron chi connectivity index (χ0n) is 5.48. The van der Waals surface area contributed by atoms with Crippen molar-refractivity contribution in [3.8, 4) is 0 Å². The fourth-order valence-corrected chi connectivity index (χ4v) is 0.946. The molecule has 0 saturated heterocycles. The molecule has 0 aliphatic heterocycles. The van der Waals surface area contributed by atoms with Gasteiger partial charge in [0.05, 0.1) is 6.20 Å². The molecule has 66 valence electrons. The van der Waals surface area contributed by atoms with E-state index in [1.54, 1.807) is 4.98 Å². The number of aromatic nitrogens is 2. The van der Waals surface area contributed by atoms with E-state index >= 15 is 0 Å². The van der Waals surface area contributed by atoms with E-state index in [9.17, 15) is 17.1 Å². The minimum absolute atomic E-state index is 0.480. The van der Waals surface area contributed by atoms with Gasteiger partial charge < -0.3 is 10.1 Å². The van der Waals surface area contributed by atoms with E-state index in [1.807, 2.05) is 0 Å². The molecule has 0 spiro atoms. The quantitative estimate of drug-likeness (QED) is 0.633. The Hall–Kier alpha value is -1.44. The van der Waals surface area contributed by atoms with Crippen molar-refractivity contribution in [3.63, 3.8) is 0 Å². The standard InChI is InChI=1S/C4H3FN2O4S/c5-12(10,11)4-6-1-2(7-4)3(8)9/h1H,(H,6,7)(H,8,9). The van der Waals surface area contributed by atoms with Crippen LogP contribution in [0.2, 0.25) is 0 Å². The molecule has 0 unspecified atom stereocenters. The Balaban J connectivity index is 3.17. The Kier molecular flexibility index (Phi) is 1.84. The molecule has 1 aromatic rings. The van der Waals surface area contributed by atoms with Gasteiger partial charge in [0.2, 0.25) is 0 Å². The van der Waals surface area contributed by atoms with Gasteiger partial charge in [-0.2, -0.15) is 8.42 Å². The number of carboxylic acid groups (broad SMARTS) is 1. The van der Waals surface area contributed by atoms with Crippen molar-refractivity contribution < 1.29 is 22.2 Å². The van der Waals surface area contributed by atoms with Gasteiger partial charge in [0.1, 0.15) is 5.69 Å². The first-order valence-corrected chi connectivity index (χ1v) is 4.02. The van der Waals surface area contributed by atoms with Gasteiger partial charge >= 0.3 is 16.2 Å². The van der Waals surface area contributed by atoms with Crippen molar-refractivity contribution in [2.24, 2.45) is 0 Å². The molecule has 1 heterocycles. The van der Waals surface area contributed by atoms with Gasteiger partial charge in [0.25, 0.3) is 5.16 Å². The summed E-state index contributed by atoms with van der Waals surface area (Å²) in [5, 5.41) is 7.28. The SMILES string of the molecule is O=C(O)c1cnc(S(=O)(=O)F)[nH]1. The van der Waals surface area contributed by atoms with Crippen molar-refractivity contribution in [3.05, 3.63) is 11.9 Å². The van der Waals surface area contributed by atoms with Crippen LogP contribution in [0.4, 0.5) is 3.89 Å². The van der Waals surface area contributed by atoms with Crippen molar-refractivity contribution >= 4 is 16.2 Å². The maximum atomic E-state index is 12.1. The molecule has 1 rings (SSSR count). The smallest absolute Gasteiger partial charge is 0.366 e. The Morgan fingerprint density at radius 1 is 1.67 bits per heavy atom. The summed E-state index contributed by atoms with van der Waals surface area (Å²) >= 11 is 0. The molecule has 8 heteroatoms. The lowest BCUT2D eigenvalue weighted by Gasteiger charge is -1.85. The fourth-order valence-electron chi connectivity index (χ4n) is 0.536. The monoisotopic (exact) mass is 194 g/mol. The van der Waals surface area contributed by atoms with Gasteiger partial charge in [0.15, 0.2) is 0 Å². The summed E-state index contributed by atoms with van der Waals surface area (Å²) in [6.45, 7) is 0. The Bertz CT molecular complexity index is 408. The van der Waals surface area contributed by atoms with Gasteiger partial charge in [-0.15, -0.1) is 0 Å². The molecule has 1 aromatic heterocycles. The number of hydrogen-bond donors (Lipinski definition) is 2. The molecule has 0 atom stereocenters. The highest BCUT2D eigenvalue weighted by atomic mass is 32.3. The van der Waals surface area contributed by atoms with E-state index < -0.39 is 27.0 Å². The molecular weight excluding hydrogens is 191 g/mol. The first kappa shape index (κ1) is 8.65. The minimum atomic E-state index is -4.95. The lowest BCUT2D eigenvalue weighted by molar-refractivity contribution is 0.0690. The summed E-state index contributed by atoms with van der Waals surface area (Å²) in [7, 11) is -4.95. The van der Waals surface area contributed by atoms with Crippen molar-refractivity contribution in [1.29, 1.82) is 0 Å². The van der Waals surface area contributed by atoms with Crippen LogP contribution < -0.4 is 0 Å². The molecule has 6 nitrogen and oxygen atoms in total. The summed E-state index contributed by atoms with van der Waals surface area (Å²) in [5.74, 6) is -1.41. The van der Waals surface area contributed by atoms with Crippen molar-refractivity contribution in [2.75, 3.05) is 0 Å².